The molecule has 1 aromatic carbocycles. The number of anilines is 2. The molecule has 2 heterocycles. The topological polar surface area (TPSA) is 97.3 Å². The summed E-state index contributed by atoms with van der Waals surface area (Å²) in [6.45, 7) is 5.13. The fraction of sp³-hybridized carbons (Fsp3) is 0.450. The molecule has 1 saturated heterocycles. The lowest BCUT2D eigenvalue weighted by molar-refractivity contribution is -0.115. The van der Waals surface area contributed by atoms with Crippen molar-refractivity contribution in [3.05, 3.63) is 41.2 Å². The van der Waals surface area contributed by atoms with Crippen LogP contribution in [0, 0.1) is 13.8 Å². The molecule has 1 aliphatic heterocycles. The van der Waals surface area contributed by atoms with Crippen LogP contribution in [0.5, 0.6) is 0 Å². The Morgan fingerprint density at radius 2 is 1.86 bits per heavy atom. The number of benzene rings is 1. The van der Waals surface area contributed by atoms with Crippen molar-refractivity contribution in [2.75, 3.05) is 23.8 Å². The third-order valence-corrected chi connectivity index (χ3v) is 4.94. The maximum atomic E-state index is 12.3. The lowest BCUT2D eigenvalue weighted by Gasteiger charge is -2.12. The first kappa shape index (κ1) is 19.9. The molecule has 1 unspecified atom stereocenters. The number of carbonyl (C=O) groups is 2. The van der Waals surface area contributed by atoms with Gasteiger partial charge in [0.25, 0.3) is 0 Å². The summed E-state index contributed by atoms with van der Waals surface area (Å²) in [7, 11) is 1.87. The molecule has 0 aliphatic carbocycles. The number of rotatable bonds is 6. The summed E-state index contributed by atoms with van der Waals surface area (Å²) in [6.07, 6.45) is 2.40. The summed E-state index contributed by atoms with van der Waals surface area (Å²) in [5.41, 5.74) is 4.13. The highest BCUT2D eigenvalue weighted by Crippen LogP contribution is 2.16. The third kappa shape index (κ3) is 5.10. The van der Waals surface area contributed by atoms with Gasteiger partial charge in [-0.2, -0.15) is 5.10 Å². The highest BCUT2D eigenvalue weighted by molar-refractivity contribution is 5.93. The van der Waals surface area contributed by atoms with Gasteiger partial charge in [0.15, 0.2) is 0 Å². The van der Waals surface area contributed by atoms with Crippen molar-refractivity contribution in [3.63, 3.8) is 0 Å². The smallest absolute Gasteiger partial charge is 0.319 e. The molecule has 28 heavy (non-hydrogen) atoms. The van der Waals surface area contributed by atoms with E-state index in [1.54, 1.807) is 28.9 Å². The Balaban J connectivity index is 1.48. The molecular formula is C20H27N5O3. The van der Waals surface area contributed by atoms with Gasteiger partial charge < -0.3 is 20.7 Å². The maximum absolute atomic E-state index is 12.3. The molecule has 1 atom stereocenters. The molecule has 8 heteroatoms. The molecule has 0 radical (unpaired) electrons. The zero-order valence-electron chi connectivity index (χ0n) is 16.5. The SMILES string of the molecule is Cc1nn(C)c(C)c1CC(=O)Nc1ccc(NC(=O)NCC2CCCO2)cc1. The molecular weight excluding hydrogens is 358 g/mol. The molecule has 3 rings (SSSR count). The van der Waals surface area contributed by atoms with E-state index in [9.17, 15) is 9.59 Å². The van der Waals surface area contributed by atoms with Crippen LogP contribution in [0.2, 0.25) is 0 Å². The average molecular weight is 385 g/mol. The summed E-state index contributed by atoms with van der Waals surface area (Å²) < 4.78 is 7.26. The number of carbonyl (C=O) groups excluding carboxylic acids is 2. The van der Waals surface area contributed by atoms with E-state index in [1.165, 1.54) is 0 Å². The van der Waals surface area contributed by atoms with E-state index in [2.05, 4.69) is 21.0 Å². The summed E-state index contributed by atoms with van der Waals surface area (Å²) in [5, 5.41) is 12.8. The van der Waals surface area contributed by atoms with E-state index < -0.39 is 0 Å². The highest BCUT2D eigenvalue weighted by Gasteiger charge is 2.16. The van der Waals surface area contributed by atoms with Crippen LogP contribution in [0.15, 0.2) is 24.3 Å². The summed E-state index contributed by atoms with van der Waals surface area (Å²) >= 11 is 0. The number of aryl methyl sites for hydroxylation is 2. The number of nitrogens with zero attached hydrogens (tertiary/aromatic N) is 2. The van der Waals surface area contributed by atoms with E-state index in [0.717, 1.165) is 36.4 Å². The molecule has 0 bridgehead atoms. The molecule has 2 aromatic rings. The van der Waals surface area contributed by atoms with Gasteiger partial charge >= 0.3 is 6.03 Å². The van der Waals surface area contributed by atoms with Crippen LogP contribution >= 0.6 is 0 Å². The molecule has 150 valence electrons. The van der Waals surface area contributed by atoms with Gasteiger partial charge in [0, 0.05) is 42.8 Å². The highest BCUT2D eigenvalue weighted by atomic mass is 16.5. The Morgan fingerprint density at radius 3 is 2.43 bits per heavy atom. The third-order valence-electron chi connectivity index (χ3n) is 4.94. The molecule has 0 saturated carbocycles. The number of amides is 3. The molecule has 1 aromatic heterocycles. The minimum Gasteiger partial charge on any atom is -0.376 e. The minimum atomic E-state index is -0.269. The van der Waals surface area contributed by atoms with Gasteiger partial charge in [0.1, 0.15) is 0 Å². The molecule has 1 aliphatic rings. The number of hydrogen-bond donors (Lipinski definition) is 3. The van der Waals surface area contributed by atoms with Gasteiger partial charge in [-0.15, -0.1) is 0 Å². The van der Waals surface area contributed by atoms with Crippen molar-refractivity contribution >= 4 is 23.3 Å². The van der Waals surface area contributed by atoms with E-state index in [0.29, 0.717) is 17.9 Å². The Hall–Kier alpha value is -2.87. The standard InChI is InChI=1S/C20H27N5O3/c1-13-18(14(2)25(3)24-13)11-19(26)22-15-6-8-16(9-7-15)23-20(27)21-12-17-5-4-10-28-17/h6-9,17H,4-5,10-12H2,1-3H3,(H,22,26)(H2,21,23,27). The second-order valence-corrected chi connectivity index (χ2v) is 7.05. The Kier molecular flexibility index (Phi) is 6.30. The number of urea groups is 1. The fourth-order valence-corrected chi connectivity index (χ4v) is 3.26. The number of aromatic nitrogens is 2. The second-order valence-electron chi connectivity index (χ2n) is 7.05. The largest absolute Gasteiger partial charge is 0.376 e. The van der Waals surface area contributed by atoms with Crippen molar-refractivity contribution < 1.29 is 14.3 Å². The lowest BCUT2D eigenvalue weighted by Crippen LogP contribution is -2.35. The van der Waals surface area contributed by atoms with Crippen LogP contribution in [0.4, 0.5) is 16.2 Å². The van der Waals surface area contributed by atoms with Crippen molar-refractivity contribution in [1.82, 2.24) is 15.1 Å². The van der Waals surface area contributed by atoms with Crippen molar-refractivity contribution in [1.29, 1.82) is 0 Å². The molecule has 3 N–H and O–H groups in total. The van der Waals surface area contributed by atoms with E-state index >= 15 is 0 Å². The summed E-state index contributed by atoms with van der Waals surface area (Å²) in [5.74, 6) is -0.103. The molecule has 8 nitrogen and oxygen atoms in total. The zero-order valence-corrected chi connectivity index (χ0v) is 16.5. The predicted octanol–water partition coefficient (Wildman–Crippen LogP) is 2.52. The van der Waals surface area contributed by atoms with E-state index in [4.69, 9.17) is 4.74 Å². The first-order valence-electron chi connectivity index (χ1n) is 9.48. The quantitative estimate of drug-likeness (QED) is 0.712. The van der Waals surface area contributed by atoms with Crippen molar-refractivity contribution in [2.45, 2.75) is 39.2 Å². The normalized spacial score (nSPS) is 16.0. The van der Waals surface area contributed by atoms with Crippen LogP contribution in [-0.4, -0.2) is 41.0 Å². The van der Waals surface area contributed by atoms with Crippen molar-refractivity contribution in [2.24, 2.45) is 7.05 Å². The fourth-order valence-electron chi connectivity index (χ4n) is 3.26. The monoisotopic (exact) mass is 385 g/mol. The first-order valence-corrected chi connectivity index (χ1v) is 9.48. The van der Waals surface area contributed by atoms with Gasteiger partial charge in [-0.25, -0.2) is 4.79 Å². The molecule has 3 amide bonds. The zero-order chi connectivity index (χ0) is 20.1. The Morgan fingerprint density at radius 1 is 1.18 bits per heavy atom. The second kappa shape index (κ2) is 8.88. The molecule has 0 spiro atoms. The van der Waals surface area contributed by atoms with Crippen LogP contribution in [0.3, 0.4) is 0 Å². The van der Waals surface area contributed by atoms with Gasteiger partial charge in [0.05, 0.1) is 18.2 Å². The Bertz CT molecular complexity index is 838. The minimum absolute atomic E-state index is 0.103. The number of ether oxygens (including phenoxy) is 1. The van der Waals surface area contributed by atoms with Gasteiger partial charge in [-0.3, -0.25) is 9.48 Å². The van der Waals surface area contributed by atoms with Crippen molar-refractivity contribution in [3.8, 4) is 0 Å². The van der Waals surface area contributed by atoms with E-state index in [-0.39, 0.29) is 24.5 Å². The number of nitrogens with one attached hydrogen (secondary N) is 3. The average Bonchev–Trinajstić information content (AvgIpc) is 3.26. The van der Waals surface area contributed by atoms with Crippen LogP contribution in [0.1, 0.15) is 29.8 Å². The van der Waals surface area contributed by atoms with Crippen LogP contribution in [-0.2, 0) is 23.0 Å². The maximum Gasteiger partial charge on any atom is 0.319 e. The molecule has 1 fully saturated rings. The first-order chi connectivity index (χ1) is 13.4. The lowest BCUT2D eigenvalue weighted by atomic mass is 10.1. The Labute approximate surface area is 164 Å². The van der Waals surface area contributed by atoms with E-state index in [1.807, 2.05) is 20.9 Å². The van der Waals surface area contributed by atoms with Gasteiger partial charge in [-0.1, -0.05) is 0 Å². The predicted molar refractivity (Wildman–Crippen MR) is 107 cm³/mol. The van der Waals surface area contributed by atoms with Gasteiger partial charge in [-0.05, 0) is 51.0 Å². The number of hydrogen-bond acceptors (Lipinski definition) is 4. The summed E-state index contributed by atoms with van der Waals surface area (Å²) in [4.78, 5) is 24.3. The summed E-state index contributed by atoms with van der Waals surface area (Å²) in [6, 6.07) is 6.76. The van der Waals surface area contributed by atoms with Crippen LogP contribution in [0.25, 0.3) is 0 Å². The van der Waals surface area contributed by atoms with Crippen LogP contribution < -0.4 is 16.0 Å². The van der Waals surface area contributed by atoms with Gasteiger partial charge in [0.2, 0.25) is 5.91 Å².